The first kappa shape index (κ1) is 35.5. The number of rotatable bonds is 12. The summed E-state index contributed by atoms with van der Waals surface area (Å²) in [5.74, 6) is -4.12. The highest BCUT2D eigenvalue weighted by Gasteiger charge is 2.24. The highest BCUT2D eigenvalue weighted by molar-refractivity contribution is 5.90. The molecule has 0 aromatic heterocycles. The number of aliphatic hydroxyl groups is 1. The van der Waals surface area contributed by atoms with Crippen LogP contribution < -0.4 is 4.74 Å². The van der Waals surface area contributed by atoms with Crippen molar-refractivity contribution in [1.82, 2.24) is 9.80 Å². The lowest BCUT2D eigenvalue weighted by Crippen LogP contribution is -2.48. The molecule has 0 aliphatic carbocycles. The first-order valence-electron chi connectivity index (χ1n) is 13.1. The highest BCUT2D eigenvalue weighted by Crippen LogP contribution is 2.28. The zero-order chi connectivity index (χ0) is 31.3. The van der Waals surface area contributed by atoms with Crippen molar-refractivity contribution in [3.05, 3.63) is 90.0 Å². The standard InChI is InChI=1S/C22H30N2O2.2C4H4O4/c1-26-21-10-8-20(9-11-21)22(12-7-19-5-3-2-4-6-19)24-15-13-23(14-16-24)17-18-25;2*5-3(6)1-2-4(7)8/h2-6,8-11,22,25H,7,12-18H2,1H3;2*1-2H,(H,5,6)(H,7,8)/b;2*2-1+. The minimum Gasteiger partial charge on any atom is -0.497 e. The molecule has 0 saturated carbocycles. The van der Waals surface area contributed by atoms with Gasteiger partial charge in [-0.25, -0.2) is 19.2 Å². The smallest absolute Gasteiger partial charge is 0.328 e. The fourth-order valence-electron chi connectivity index (χ4n) is 4.06. The molecule has 0 bridgehead atoms. The van der Waals surface area contributed by atoms with E-state index in [2.05, 4.69) is 64.4 Å². The number of carbonyl (C=O) groups is 4. The van der Waals surface area contributed by atoms with Crippen LogP contribution in [-0.4, -0.2) is 106 Å². The Labute approximate surface area is 244 Å². The number of aryl methyl sites for hydroxylation is 1. The maximum absolute atomic E-state index is 9.55. The number of β-amino-alcohol motifs (C(OH)–C–C–N with tert-alkyl or cyclic N) is 1. The largest absolute Gasteiger partial charge is 0.497 e. The Kier molecular flexibility index (Phi) is 17.2. The van der Waals surface area contributed by atoms with E-state index in [4.69, 9.17) is 30.3 Å². The molecule has 1 saturated heterocycles. The molecular formula is C30H38N2O10. The van der Waals surface area contributed by atoms with Gasteiger partial charge in [-0.1, -0.05) is 42.5 Å². The van der Waals surface area contributed by atoms with Crippen LogP contribution >= 0.6 is 0 Å². The molecule has 0 amide bonds. The number of methoxy groups -OCH3 is 1. The van der Waals surface area contributed by atoms with Crippen molar-refractivity contribution in [2.75, 3.05) is 46.4 Å². The summed E-state index contributed by atoms with van der Waals surface area (Å²) < 4.78 is 5.32. The number of hydrogen-bond acceptors (Lipinski definition) is 8. The zero-order valence-corrected chi connectivity index (χ0v) is 23.4. The van der Waals surface area contributed by atoms with E-state index in [1.807, 2.05) is 0 Å². The molecule has 1 unspecified atom stereocenters. The molecular weight excluding hydrogens is 548 g/mol. The molecule has 3 rings (SSSR count). The summed E-state index contributed by atoms with van der Waals surface area (Å²) in [4.78, 5) is 43.2. The van der Waals surface area contributed by atoms with E-state index < -0.39 is 23.9 Å². The first-order chi connectivity index (χ1) is 20.0. The fourth-order valence-corrected chi connectivity index (χ4v) is 4.06. The Hall–Kier alpha value is -4.52. The lowest BCUT2D eigenvalue weighted by atomic mass is 9.96. The molecule has 1 fully saturated rings. The SMILES string of the molecule is COc1ccc(C(CCc2ccccc2)N2CCN(CCO)CC2)cc1.O=C(O)/C=C/C(=O)O.O=C(O)/C=C/C(=O)O. The Morgan fingerprint density at radius 2 is 1.24 bits per heavy atom. The molecule has 1 aliphatic heterocycles. The minimum atomic E-state index is -1.26. The molecule has 1 heterocycles. The summed E-state index contributed by atoms with van der Waals surface area (Å²) >= 11 is 0. The monoisotopic (exact) mass is 586 g/mol. The van der Waals surface area contributed by atoms with Crippen LogP contribution in [0.2, 0.25) is 0 Å². The van der Waals surface area contributed by atoms with E-state index in [1.54, 1.807) is 7.11 Å². The third-order valence-electron chi connectivity index (χ3n) is 6.05. The van der Waals surface area contributed by atoms with Crippen molar-refractivity contribution in [1.29, 1.82) is 0 Å². The van der Waals surface area contributed by atoms with Crippen LogP contribution in [0.15, 0.2) is 78.9 Å². The van der Waals surface area contributed by atoms with Gasteiger partial charge in [-0.3, -0.25) is 9.80 Å². The van der Waals surface area contributed by atoms with Crippen molar-refractivity contribution >= 4 is 23.9 Å². The third-order valence-corrected chi connectivity index (χ3v) is 6.05. The number of benzene rings is 2. The summed E-state index contributed by atoms with van der Waals surface area (Å²) in [5.41, 5.74) is 2.75. The number of ether oxygens (including phenoxy) is 1. The lowest BCUT2D eigenvalue weighted by molar-refractivity contribution is -0.134. The normalized spacial score (nSPS) is 14.2. The molecule has 2 aromatic rings. The topological polar surface area (TPSA) is 185 Å². The quantitative estimate of drug-likeness (QED) is 0.229. The minimum absolute atomic E-state index is 0.246. The summed E-state index contributed by atoms with van der Waals surface area (Å²) in [7, 11) is 1.71. The van der Waals surface area contributed by atoms with Crippen molar-refractivity contribution in [3.63, 3.8) is 0 Å². The van der Waals surface area contributed by atoms with Gasteiger partial charge in [0.25, 0.3) is 0 Å². The van der Waals surface area contributed by atoms with Gasteiger partial charge >= 0.3 is 23.9 Å². The van der Waals surface area contributed by atoms with Crippen LogP contribution in [-0.2, 0) is 25.6 Å². The van der Waals surface area contributed by atoms with Gasteiger partial charge in [0.05, 0.1) is 13.7 Å². The van der Waals surface area contributed by atoms with Crippen LogP contribution in [0.4, 0.5) is 0 Å². The summed E-state index contributed by atoms with van der Waals surface area (Å²) in [6.45, 7) is 5.18. The van der Waals surface area contributed by atoms with Gasteiger partial charge in [-0.15, -0.1) is 0 Å². The molecule has 1 atom stereocenters. The first-order valence-corrected chi connectivity index (χ1v) is 13.1. The van der Waals surface area contributed by atoms with E-state index >= 15 is 0 Å². The predicted molar refractivity (Wildman–Crippen MR) is 154 cm³/mol. The molecule has 1 aliphatic rings. The summed E-state index contributed by atoms with van der Waals surface area (Å²) in [5, 5.41) is 40.4. The molecule has 2 aromatic carbocycles. The number of piperazine rings is 1. The van der Waals surface area contributed by atoms with Crippen LogP contribution in [0.3, 0.4) is 0 Å². The zero-order valence-electron chi connectivity index (χ0n) is 23.4. The molecule has 42 heavy (non-hydrogen) atoms. The summed E-state index contributed by atoms with van der Waals surface area (Å²) in [6, 6.07) is 19.7. The second-order valence-corrected chi connectivity index (χ2v) is 8.93. The van der Waals surface area contributed by atoms with Crippen LogP contribution in [0.25, 0.3) is 0 Å². The number of aliphatic hydroxyl groups excluding tert-OH is 1. The maximum atomic E-state index is 9.55. The van der Waals surface area contributed by atoms with Gasteiger partial charge in [0.2, 0.25) is 0 Å². The number of carboxylic acid groups (broad SMARTS) is 4. The van der Waals surface area contributed by atoms with Crippen LogP contribution in [0.5, 0.6) is 5.75 Å². The Morgan fingerprint density at radius 3 is 1.64 bits per heavy atom. The van der Waals surface area contributed by atoms with E-state index in [9.17, 15) is 19.2 Å². The van der Waals surface area contributed by atoms with E-state index in [1.165, 1.54) is 11.1 Å². The van der Waals surface area contributed by atoms with Crippen molar-refractivity contribution in [3.8, 4) is 5.75 Å². The molecule has 5 N–H and O–H groups in total. The Balaban J connectivity index is 0.000000454. The lowest BCUT2D eigenvalue weighted by Gasteiger charge is -2.39. The number of nitrogens with zero attached hydrogens (tertiary/aromatic N) is 2. The predicted octanol–water partition coefficient (Wildman–Crippen LogP) is 2.40. The van der Waals surface area contributed by atoms with Crippen molar-refractivity contribution < 1.29 is 49.4 Å². The Morgan fingerprint density at radius 1 is 0.762 bits per heavy atom. The molecule has 0 radical (unpaired) electrons. The highest BCUT2D eigenvalue weighted by atomic mass is 16.5. The van der Waals surface area contributed by atoms with Gasteiger partial charge in [0.1, 0.15) is 5.75 Å². The van der Waals surface area contributed by atoms with E-state index in [-0.39, 0.29) is 6.61 Å². The Bertz CT molecular complexity index is 1090. The van der Waals surface area contributed by atoms with Crippen molar-refractivity contribution in [2.24, 2.45) is 0 Å². The van der Waals surface area contributed by atoms with Gasteiger partial charge in [-0.2, -0.15) is 0 Å². The molecule has 0 spiro atoms. The molecule has 12 heteroatoms. The van der Waals surface area contributed by atoms with E-state index in [0.29, 0.717) is 30.3 Å². The van der Waals surface area contributed by atoms with E-state index in [0.717, 1.165) is 51.3 Å². The van der Waals surface area contributed by atoms with Gasteiger partial charge in [-0.05, 0) is 36.1 Å². The molecule has 12 nitrogen and oxygen atoms in total. The fraction of sp³-hybridized carbons (Fsp3) is 0.333. The van der Waals surface area contributed by atoms with Crippen LogP contribution in [0, 0.1) is 0 Å². The second kappa shape index (κ2) is 20.4. The number of hydrogen-bond donors (Lipinski definition) is 5. The van der Waals surface area contributed by atoms with Gasteiger partial charge in [0.15, 0.2) is 0 Å². The second-order valence-electron chi connectivity index (χ2n) is 8.93. The number of aliphatic carboxylic acids is 4. The number of carboxylic acids is 4. The third kappa shape index (κ3) is 15.9. The van der Waals surface area contributed by atoms with Gasteiger partial charge in [0, 0.05) is 63.1 Å². The average Bonchev–Trinajstić information content (AvgIpc) is 2.97. The maximum Gasteiger partial charge on any atom is 0.328 e. The van der Waals surface area contributed by atoms with Crippen LogP contribution in [0.1, 0.15) is 23.6 Å². The van der Waals surface area contributed by atoms with Gasteiger partial charge < -0.3 is 30.3 Å². The molecule has 228 valence electrons. The summed E-state index contributed by atoms with van der Waals surface area (Å²) in [6.07, 6.45) is 4.42. The average molecular weight is 587 g/mol. The van der Waals surface area contributed by atoms with Crippen molar-refractivity contribution in [2.45, 2.75) is 18.9 Å².